The van der Waals surface area contributed by atoms with E-state index in [1.54, 1.807) is 19.1 Å². The van der Waals surface area contributed by atoms with Crippen LogP contribution in [-0.2, 0) is 0 Å². The number of carbonyl (C=O) groups excluding carboxylic acids is 1. The average Bonchev–Trinajstić information content (AvgIpc) is 2.91. The van der Waals surface area contributed by atoms with Crippen LogP contribution in [-0.4, -0.2) is 35.0 Å². The zero-order chi connectivity index (χ0) is 14.7. The Morgan fingerprint density at radius 1 is 1.45 bits per heavy atom. The number of hydrogen-bond donors (Lipinski definition) is 2. The first-order valence-electron chi connectivity index (χ1n) is 7.39. The lowest BCUT2D eigenvalue weighted by molar-refractivity contribution is 0.0649. The summed E-state index contributed by atoms with van der Waals surface area (Å²) in [6, 6.07) is 5.52. The van der Waals surface area contributed by atoms with E-state index in [9.17, 15) is 9.90 Å². The van der Waals surface area contributed by atoms with E-state index in [4.69, 9.17) is 5.73 Å². The van der Waals surface area contributed by atoms with Crippen molar-refractivity contribution in [2.24, 2.45) is 11.7 Å². The molecule has 0 spiro atoms. The standard InChI is InChI=1S/C16H24N2O2/c1-3-18(14-9-5-7-12(14)10-17)16(20)13-8-4-6-11(2)15(13)19/h4,6,8,12,14,19H,3,5,7,9-10,17H2,1-2H3. The van der Waals surface area contributed by atoms with Gasteiger partial charge in [-0.1, -0.05) is 18.6 Å². The van der Waals surface area contributed by atoms with Crippen molar-refractivity contribution in [2.75, 3.05) is 13.1 Å². The number of aryl methyl sites for hydroxylation is 1. The molecule has 1 aromatic carbocycles. The lowest BCUT2D eigenvalue weighted by Crippen LogP contribution is -2.44. The van der Waals surface area contributed by atoms with Crippen molar-refractivity contribution in [2.45, 2.75) is 39.2 Å². The third-order valence-corrected chi connectivity index (χ3v) is 4.39. The van der Waals surface area contributed by atoms with E-state index >= 15 is 0 Å². The summed E-state index contributed by atoms with van der Waals surface area (Å²) in [5, 5.41) is 10.1. The molecule has 1 saturated carbocycles. The molecule has 1 aliphatic rings. The van der Waals surface area contributed by atoms with Gasteiger partial charge in [-0.05, 0) is 50.8 Å². The second kappa shape index (κ2) is 6.27. The Labute approximate surface area is 120 Å². The Hall–Kier alpha value is -1.55. The summed E-state index contributed by atoms with van der Waals surface area (Å²) in [6.45, 7) is 5.05. The Balaban J connectivity index is 2.27. The minimum atomic E-state index is -0.0842. The van der Waals surface area contributed by atoms with Crippen molar-refractivity contribution in [1.82, 2.24) is 4.90 Å². The second-order valence-electron chi connectivity index (χ2n) is 5.56. The highest BCUT2D eigenvalue weighted by molar-refractivity contribution is 5.97. The van der Waals surface area contributed by atoms with Gasteiger partial charge in [-0.15, -0.1) is 0 Å². The average molecular weight is 276 g/mol. The molecule has 110 valence electrons. The molecule has 3 N–H and O–H groups in total. The molecule has 1 amide bonds. The van der Waals surface area contributed by atoms with Crippen LogP contribution >= 0.6 is 0 Å². The van der Waals surface area contributed by atoms with Crippen LogP contribution in [0.3, 0.4) is 0 Å². The smallest absolute Gasteiger partial charge is 0.257 e. The highest BCUT2D eigenvalue weighted by atomic mass is 16.3. The highest BCUT2D eigenvalue weighted by Crippen LogP contribution is 2.31. The highest BCUT2D eigenvalue weighted by Gasteiger charge is 2.34. The summed E-state index contributed by atoms with van der Waals surface area (Å²) < 4.78 is 0. The van der Waals surface area contributed by atoms with E-state index < -0.39 is 0 Å². The summed E-state index contributed by atoms with van der Waals surface area (Å²) in [5.74, 6) is 0.392. The van der Waals surface area contributed by atoms with Crippen LogP contribution in [0.15, 0.2) is 18.2 Å². The van der Waals surface area contributed by atoms with E-state index in [1.807, 2.05) is 17.9 Å². The zero-order valence-corrected chi connectivity index (χ0v) is 12.3. The summed E-state index contributed by atoms with van der Waals surface area (Å²) in [7, 11) is 0. The lowest BCUT2D eigenvalue weighted by atomic mass is 10.0. The van der Waals surface area contributed by atoms with Gasteiger partial charge in [0.15, 0.2) is 0 Å². The molecule has 0 aliphatic heterocycles. The number of para-hydroxylation sites is 1. The van der Waals surface area contributed by atoms with Gasteiger partial charge >= 0.3 is 0 Å². The number of nitrogens with two attached hydrogens (primary N) is 1. The lowest BCUT2D eigenvalue weighted by Gasteiger charge is -2.32. The molecule has 0 aromatic heterocycles. The van der Waals surface area contributed by atoms with E-state index in [1.165, 1.54) is 0 Å². The van der Waals surface area contributed by atoms with Gasteiger partial charge in [-0.25, -0.2) is 0 Å². The minimum absolute atomic E-state index is 0.0842. The summed E-state index contributed by atoms with van der Waals surface area (Å²) in [6.07, 6.45) is 3.22. The van der Waals surface area contributed by atoms with Gasteiger partial charge in [0, 0.05) is 12.6 Å². The maximum Gasteiger partial charge on any atom is 0.257 e. The maximum absolute atomic E-state index is 12.7. The van der Waals surface area contributed by atoms with E-state index in [-0.39, 0.29) is 17.7 Å². The van der Waals surface area contributed by atoms with Crippen molar-refractivity contribution in [3.05, 3.63) is 29.3 Å². The van der Waals surface area contributed by atoms with Crippen molar-refractivity contribution >= 4 is 5.91 Å². The van der Waals surface area contributed by atoms with Crippen LogP contribution in [0.1, 0.15) is 42.1 Å². The molecule has 0 saturated heterocycles. The quantitative estimate of drug-likeness (QED) is 0.886. The van der Waals surface area contributed by atoms with Crippen LogP contribution < -0.4 is 5.73 Å². The first kappa shape index (κ1) is 14.9. The number of phenolic OH excluding ortho intramolecular Hbond substituents is 1. The zero-order valence-electron chi connectivity index (χ0n) is 12.3. The number of carbonyl (C=O) groups is 1. The molecule has 4 nitrogen and oxygen atoms in total. The summed E-state index contributed by atoms with van der Waals surface area (Å²) in [4.78, 5) is 14.6. The van der Waals surface area contributed by atoms with Crippen molar-refractivity contribution in [3.63, 3.8) is 0 Å². The number of rotatable bonds is 4. The largest absolute Gasteiger partial charge is 0.507 e. The fourth-order valence-electron chi connectivity index (χ4n) is 3.22. The topological polar surface area (TPSA) is 66.6 Å². The van der Waals surface area contributed by atoms with Crippen LogP contribution in [0.25, 0.3) is 0 Å². The summed E-state index contributed by atoms with van der Waals surface area (Å²) in [5.41, 5.74) is 6.95. The van der Waals surface area contributed by atoms with Gasteiger partial charge in [-0.3, -0.25) is 4.79 Å². The maximum atomic E-state index is 12.7. The SMILES string of the molecule is CCN(C(=O)c1cccc(C)c1O)C1CCCC1CN. The fraction of sp³-hybridized carbons (Fsp3) is 0.562. The molecule has 2 rings (SSSR count). The number of nitrogens with zero attached hydrogens (tertiary/aromatic N) is 1. The Morgan fingerprint density at radius 3 is 2.85 bits per heavy atom. The van der Waals surface area contributed by atoms with E-state index in [0.717, 1.165) is 24.8 Å². The molecular formula is C16H24N2O2. The van der Waals surface area contributed by atoms with Gasteiger partial charge in [0.25, 0.3) is 5.91 Å². The minimum Gasteiger partial charge on any atom is -0.507 e. The molecular weight excluding hydrogens is 252 g/mol. The van der Waals surface area contributed by atoms with Gasteiger partial charge in [0.2, 0.25) is 0 Å². The van der Waals surface area contributed by atoms with E-state index in [2.05, 4.69) is 0 Å². The predicted octanol–water partition coefficient (Wildman–Crippen LogP) is 2.29. The Kier molecular flexibility index (Phi) is 4.65. The van der Waals surface area contributed by atoms with Crippen LogP contribution in [0.2, 0.25) is 0 Å². The first-order valence-corrected chi connectivity index (χ1v) is 7.39. The van der Waals surface area contributed by atoms with Gasteiger partial charge < -0.3 is 15.7 Å². The molecule has 2 atom stereocenters. The third kappa shape index (κ3) is 2.66. The Bertz CT molecular complexity index is 487. The summed E-state index contributed by atoms with van der Waals surface area (Å²) >= 11 is 0. The predicted molar refractivity (Wildman–Crippen MR) is 79.7 cm³/mol. The molecule has 2 unspecified atom stereocenters. The number of phenols is 1. The molecule has 1 fully saturated rings. The number of benzene rings is 1. The molecule has 20 heavy (non-hydrogen) atoms. The number of aromatic hydroxyl groups is 1. The number of amides is 1. The van der Waals surface area contributed by atoms with Crippen molar-refractivity contribution in [3.8, 4) is 5.75 Å². The molecule has 0 radical (unpaired) electrons. The number of hydrogen-bond acceptors (Lipinski definition) is 3. The van der Waals surface area contributed by atoms with Crippen molar-refractivity contribution < 1.29 is 9.90 Å². The second-order valence-corrected chi connectivity index (χ2v) is 5.56. The van der Waals surface area contributed by atoms with Gasteiger partial charge in [0.1, 0.15) is 5.75 Å². The van der Waals surface area contributed by atoms with Crippen LogP contribution in [0.5, 0.6) is 5.75 Å². The molecule has 0 bridgehead atoms. The third-order valence-electron chi connectivity index (χ3n) is 4.39. The molecule has 0 heterocycles. The van der Waals surface area contributed by atoms with Crippen LogP contribution in [0, 0.1) is 12.8 Å². The first-order chi connectivity index (χ1) is 9.60. The monoisotopic (exact) mass is 276 g/mol. The van der Waals surface area contributed by atoms with E-state index in [0.29, 0.717) is 24.6 Å². The Morgan fingerprint density at radius 2 is 2.20 bits per heavy atom. The molecule has 4 heteroatoms. The van der Waals surface area contributed by atoms with Gasteiger partial charge in [-0.2, -0.15) is 0 Å². The van der Waals surface area contributed by atoms with Crippen LogP contribution in [0.4, 0.5) is 0 Å². The van der Waals surface area contributed by atoms with Crippen molar-refractivity contribution in [1.29, 1.82) is 0 Å². The normalized spacial score (nSPS) is 21.9. The fourth-order valence-corrected chi connectivity index (χ4v) is 3.22. The molecule has 1 aromatic rings. The molecule has 1 aliphatic carbocycles. The van der Waals surface area contributed by atoms with Gasteiger partial charge in [0.05, 0.1) is 5.56 Å².